The molecule has 3 rings (SSSR count). The van der Waals surface area contributed by atoms with Crippen molar-refractivity contribution in [2.24, 2.45) is 0 Å². The Morgan fingerprint density at radius 3 is 2.71 bits per heavy atom. The molecule has 0 aliphatic heterocycles. The van der Waals surface area contributed by atoms with Crippen molar-refractivity contribution in [1.29, 1.82) is 0 Å². The lowest BCUT2D eigenvalue weighted by Crippen LogP contribution is -2.11. The Morgan fingerprint density at radius 2 is 1.96 bits per heavy atom. The lowest BCUT2D eigenvalue weighted by atomic mass is 10.2. The fourth-order valence-corrected chi connectivity index (χ4v) is 3.56. The molecule has 3 aromatic rings. The summed E-state index contributed by atoms with van der Waals surface area (Å²) in [5, 5.41) is 3.46. The zero-order valence-corrected chi connectivity index (χ0v) is 15.1. The summed E-state index contributed by atoms with van der Waals surface area (Å²) in [5.74, 6) is -0.275. The van der Waals surface area contributed by atoms with Crippen LogP contribution in [0.15, 0.2) is 62.3 Å². The van der Waals surface area contributed by atoms with Crippen LogP contribution in [0.1, 0.15) is 17.5 Å². The molecular formula is C17H14BrNO4S. The van der Waals surface area contributed by atoms with Gasteiger partial charge in [-0.2, -0.15) is 0 Å². The van der Waals surface area contributed by atoms with E-state index in [0.717, 1.165) is 9.86 Å². The highest BCUT2D eigenvalue weighted by Gasteiger charge is 2.15. The molecule has 5 nitrogen and oxygen atoms in total. The Balaban J connectivity index is 1.87. The summed E-state index contributed by atoms with van der Waals surface area (Å²) >= 11 is 3.37. The molecular weight excluding hydrogens is 394 g/mol. The van der Waals surface area contributed by atoms with Gasteiger partial charge in [-0.25, -0.2) is 8.42 Å². The van der Waals surface area contributed by atoms with Gasteiger partial charge in [-0.05, 0) is 42.5 Å². The highest BCUT2D eigenvalue weighted by molar-refractivity contribution is 9.10. The molecule has 1 aromatic heterocycles. The Kier molecular flexibility index (Phi) is 4.47. The number of carbonyl (C=O) groups is 1. The zero-order valence-electron chi connectivity index (χ0n) is 12.7. The fraction of sp³-hybridized carbons (Fsp3) is 0.118. The number of hydrogen-bond donors (Lipinski definition) is 1. The summed E-state index contributed by atoms with van der Waals surface area (Å²) < 4.78 is 30.3. The number of amides is 1. The van der Waals surface area contributed by atoms with E-state index in [1.54, 1.807) is 31.2 Å². The average Bonchev–Trinajstić information content (AvgIpc) is 2.98. The molecule has 124 valence electrons. The Hall–Kier alpha value is -2.12. The van der Waals surface area contributed by atoms with Gasteiger partial charge in [0.2, 0.25) is 0 Å². The van der Waals surface area contributed by atoms with Gasteiger partial charge in [-0.15, -0.1) is 0 Å². The summed E-state index contributed by atoms with van der Waals surface area (Å²) in [5.41, 5.74) is 1.00. The van der Waals surface area contributed by atoms with Gasteiger partial charge >= 0.3 is 0 Å². The number of anilines is 1. The molecule has 1 amide bonds. The molecule has 0 spiro atoms. The number of fused-ring (bicyclic) bond motifs is 1. The number of furan rings is 1. The van der Waals surface area contributed by atoms with Crippen LogP contribution < -0.4 is 5.32 Å². The summed E-state index contributed by atoms with van der Waals surface area (Å²) in [6.45, 7) is 1.58. The minimum atomic E-state index is -3.33. The van der Waals surface area contributed by atoms with Gasteiger partial charge in [0.25, 0.3) is 5.91 Å². The maximum absolute atomic E-state index is 12.3. The first-order chi connectivity index (χ1) is 11.4. The standard InChI is InChI=1S/C17H14BrNO4S/c1-2-24(21,22)14-5-3-4-13(10-14)19-17(20)16-9-11-8-12(18)6-7-15(11)23-16/h3-10H,2H2,1H3,(H,19,20). The molecule has 7 heteroatoms. The van der Waals surface area contributed by atoms with Crippen LogP contribution in [0.3, 0.4) is 0 Å². The molecule has 0 saturated carbocycles. The molecule has 0 unspecified atom stereocenters. The van der Waals surface area contributed by atoms with Crippen LogP contribution in [-0.2, 0) is 9.84 Å². The van der Waals surface area contributed by atoms with Gasteiger partial charge in [-0.3, -0.25) is 4.79 Å². The molecule has 0 fully saturated rings. The van der Waals surface area contributed by atoms with Crippen molar-refractivity contribution in [1.82, 2.24) is 0 Å². The second-order valence-electron chi connectivity index (χ2n) is 5.18. The highest BCUT2D eigenvalue weighted by atomic mass is 79.9. The van der Waals surface area contributed by atoms with Crippen molar-refractivity contribution >= 4 is 48.3 Å². The van der Waals surface area contributed by atoms with E-state index in [1.807, 2.05) is 12.1 Å². The van der Waals surface area contributed by atoms with Crippen molar-refractivity contribution in [3.63, 3.8) is 0 Å². The van der Waals surface area contributed by atoms with Crippen LogP contribution >= 0.6 is 15.9 Å². The third kappa shape index (κ3) is 3.37. The van der Waals surface area contributed by atoms with Crippen molar-refractivity contribution < 1.29 is 17.6 Å². The molecule has 24 heavy (non-hydrogen) atoms. The Morgan fingerprint density at radius 1 is 1.17 bits per heavy atom. The van der Waals surface area contributed by atoms with Crippen molar-refractivity contribution in [3.05, 3.63) is 58.8 Å². The maximum atomic E-state index is 12.3. The molecule has 0 radical (unpaired) electrons. The quantitative estimate of drug-likeness (QED) is 0.701. The molecule has 2 aromatic carbocycles. The molecule has 1 heterocycles. The number of halogens is 1. The fourth-order valence-electron chi connectivity index (χ4n) is 2.25. The van der Waals surface area contributed by atoms with Gasteiger partial charge in [0.05, 0.1) is 10.6 Å². The summed E-state index contributed by atoms with van der Waals surface area (Å²) in [7, 11) is -3.33. The second kappa shape index (κ2) is 6.41. The largest absolute Gasteiger partial charge is 0.451 e. The van der Waals surface area contributed by atoms with E-state index in [-0.39, 0.29) is 16.4 Å². The van der Waals surface area contributed by atoms with E-state index in [9.17, 15) is 13.2 Å². The number of carbonyl (C=O) groups excluding carboxylic acids is 1. The second-order valence-corrected chi connectivity index (χ2v) is 8.37. The van der Waals surface area contributed by atoms with Gasteiger partial charge in [-0.1, -0.05) is 28.9 Å². The van der Waals surface area contributed by atoms with Gasteiger partial charge in [0, 0.05) is 15.5 Å². The van der Waals surface area contributed by atoms with Gasteiger partial charge < -0.3 is 9.73 Å². The molecule has 0 aliphatic rings. The van der Waals surface area contributed by atoms with Crippen LogP contribution in [0, 0.1) is 0 Å². The van der Waals surface area contributed by atoms with Crippen LogP contribution in [0.4, 0.5) is 5.69 Å². The highest BCUT2D eigenvalue weighted by Crippen LogP contribution is 2.24. The van der Waals surface area contributed by atoms with Crippen LogP contribution in [-0.4, -0.2) is 20.1 Å². The predicted molar refractivity (Wildman–Crippen MR) is 96.0 cm³/mol. The number of rotatable bonds is 4. The molecule has 0 saturated heterocycles. The molecule has 0 aliphatic carbocycles. The topological polar surface area (TPSA) is 76.4 Å². The molecule has 0 bridgehead atoms. The van der Waals surface area contributed by atoms with E-state index in [1.165, 1.54) is 12.1 Å². The average molecular weight is 408 g/mol. The monoisotopic (exact) mass is 407 g/mol. The Bertz CT molecular complexity index is 1020. The van der Waals surface area contributed by atoms with E-state index in [4.69, 9.17) is 4.42 Å². The number of sulfone groups is 1. The minimum absolute atomic E-state index is 0.00283. The summed E-state index contributed by atoms with van der Waals surface area (Å²) in [6.07, 6.45) is 0. The van der Waals surface area contributed by atoms with Crippen LogP contribution in [0.5, 0.6) is 0 Å². The Labute approximate surface area is 147 Å². The van der Waals surface area contributed by atoms with Crippen LogP contribution in [0.25, 0.3) is 11.0 Å². The van der Waals surface area contributed by atoms with E-state index in [0.29, 0.717) is 11.3 Å². The van der Waals surface area contributed by atoms with Gasteiger partial charge in [0.1, 0.15) is 5.58 Å². The van der Waals surface area contributed by atoms with Crippen molar-refractivity contribution in [2.75, 3.05) is 11.1 Å². The van der Waals surface area contributed by atoms with Crippen molar-refractivity contribution in [2.45, 2.75) is 11.8 Å². The zero-order chi connectivity index (χ0) is 17.3. The van der Waals surface area contributed by atoms with Gasteiger partial charge in [0.15, 0.2) is 15.6 Å². The lowest BCUT2D eigenvalue weighted by molar-refractivity contribution is 0.0998. The first-order valence-electron chi connectivity index (χ1n) is 7.22. The first kappa shape index (κ1) is 16.7. The number of benzene rings is 2. The normalized spacial score (nSPS) is 11.6. The smallest absolute Gasteiger partial charge is 0.291 e. The van der Waals surface area contributed by atoms with E-state index in [2.05, 4.69) is 21.2 Å². The van der Waals surface area contributed by atoms with E-state index >= 15 is 0 Å². The molecule has 0 atom stereocenters. The third-order valence-electron chi connectivity index (χ3n) is 3.53. The lowest BCUT2D eigenvalue weighted by Gasteiger charge is -2.06. The predicted octanol–water partition coefficient (Wildman–Crippen LogP) is 4.24. The van der Waals surface area contributed by atoms with Crippen LogP contribution in [0.2, 0.25) is 0 Å². The maximum Gasteiger partial charge on any atom is 0.291 e. The third-order valence-corrected chi connectivity index (χ3v) is 5.76. The minimum Gasteiger partial charge on any atom is -0.451 e. The number of nitrogens with one attached hydrogen (secondary N) is 1. The number of hydrogen-bond acceptors (Lipinski definition) is 4. The van der Waals surface area contributed by atoms with Crippen molar-refractivity contribution in [3.8, 4) is 0 Å². The molecule has 1 N–H and O–H groups in total. The first-order valence-corrected chi connectivity index (χ1v) is 9.67. The summed E-state index contributed by atoms with van der Waals surface area (Å²) in [4.78, 5) is 12.5. The summed E-state index contributed by atoms with van der Waals surface area (Å²) in [6, 6.07) is 13.3. The SMILES string of the molecule is CCS(=O)(=O)c1cccc(NC(=O)c2cc3cc(Br)ccc3o2)c1. The van der Waals surface area contributed by atoms with E-state index < -0.39 is 15.7 Å².